The van der Waals surface area contributed by atoms with Gasteiger partial charge in [0.05, 0.1) is 38.8 Å². The molecule has 2 heterocycles. The molecule has 1 fully saturated rings. The van der Waals surface area contributed by atoms with Crippen LogP contribution in [0.4, 0.5) is 0 Å². The third-order valence-electron chi connectivity index (χ3n) is 3.07. The number of carboxylic acid groups (broad SMARTS) is 1. The first-order chi connectivity index (χ1) is 7.46. The molecule has 1 N–H and O–H groups in total. The number of nitrogens with zero attached hydrogens (tertiary/aromatic N) is 4. The van der Waals surface area contributed by atoms with Gasteiger partial charge in [0.25, 0.3) is 0 Å². The number of likely N-dealkylation sites (tertiary alicyclic amines) is 1. The van der Waals surface area contributed by atoms with Crippen molar-refractivity contribution in [1.29, 1.82) is 0 Å². The maximum Gasteiger partial charge on any atom is 0.325 e. The highest BCUT2D eigenvalue weighted by Crippen LogP contribution is 2.28. The molecule has 0 radical (unpaired) electrons. The monoisotopic (exact) mass is 225 g/mol. The second-order valence-electron chi connectivity index (χ2n) is 5.06. The summed E-state index contributed by atoms with van der Waals surface area (Å²) in [5.74, 6) is -0.475. The van der Waals surface area contributed by atoms with Crippen molar-refractivity contribution in [3.8, 4) is 0 Å². The quantitative estimate of drug-likeness (QED) is 0.731. The van der Waals surface area contributed by atoms with E-state index in [9.17, 15) is 4.79 Å². The zero-order chi connectivity index (χ0) is 11.8. The van der Waals surface area contributed by atoms with Gasteiger partial charge in [-0.25, -0.2) is 4.68 Å². The molecule has 1 saturated heterocycles. The number of aliphatic carboxylic acids is 1. The first-order valence-electron chi connectivity index (χ1n) is 5.40. The average molecular weight is 225 g/mol. The van der Waals surface area contributed by atoms with Crippen LogP contribution < -0.4 is 0 Å². The summed E-state index contributed by atoms with van der Waals surface area (Å²) in [6, 6.07) is 0. The van der Waals surface area contributed by atoms with Crippen LogP contribution >= 0.6 is 0 Å². The molecule has 16 heavy (non-hydrogen) atoms. The van der Waals surface area contributed by atoms with Crippen molar-refractivity contribution in [1.82, 2.24) is 15.0 Å². The van der Waals surface area contributed by atoms with Gasteiger partial charge >= 0.3 is 5.97 Å². The summed E-state index contributed by atoms with van der Waals surface area (Å²) in [5.41, 5.74) is 0.921. The van der Waals surface area contributed by atoms with Crippen molar-refractivity contribution in [2.45, 2.75) is 18.9 Å². The lowest BCUT2D eigenvalue weighted by Crippen LogP contribution is -2.36. The first kappa shape index (κ1) is 11.1. The van der Waals surface area contributed by atoms with E-state index in [1.54, 1.807) is 6.20 Å². The molecule has 88 valence electrons. The lowest BCUT2D eigenvalue weighted by Gasteiger charge is -2.22. The van der Waals surface area contributed by atoms with E-state index in [2.05, 4.69) is 24.4 Å². The summed E-state index contributed by atoms with van der Waals surface area (Å²) < 4.78 is 2.38. The predicted molar refractivity (Wildman–Crippen MR) is 56.9 cm³/mol. The van der Waals surface area contributed by atoms with Gasteiger partial charge < -0.3 is 9.59 Å². The molecule has 6 heteroatoms. The largest absolute Gasteiger partial charge is 0.480 e. The minimum Gasteiger partial charge on any atom is -0.480 e. The van der Waals surface area contributed by atoms with Crippen LogP contribution in [0, 0.1) is 0 Å². The molecular weight excluding hydrogens is 208 g/mol. The van der Waals surface area contributed by atoms with Crippen molar-refractivity contribution in [2.75, 3.05) is 27.2 Å². The van der Waals surface area contributed by atoms with E-state index >= 15 is 0 Å². The molecule has 0 aliphatic carbocycles. The number of likely N-dealkylation sites (N-methyl/N-ethyl adjacent to an activating group) is 1. The molecular formula is C10H17N4O2+. The van der Waals surface area contributed by atoms with Gasteiger partial charge in [0.15, 0.2) is 0 Å². The van der Waals surface area contributed by atoms with Gasteiger partial charge in [0.1, 0.15) is 6.54 Å². The Kier molecular flexibility index (Phi) is 2.67. The molecule has 0 amide bonds. The van der Waals surface area contributed by atoms with Crippen molar-refractivity contribution < 1.29 is 14.4 Å². The molecule has 0 unspecified atom stereocenters. The number of carboxylic acids is 1. The molecule has 0 spiro atoms. The van der Waals surface area contributed by atoms with E-state index in [1.807, 2.05) is 0 Å². The summed E-state index contributed by atoms with van der Waals surface area (Å²) >= 11 is 0. The molecule has 2 rings (SSSR count). The predicted octanol–water partition coefficient (Wildman–Crippen LogP) is -0.0736. The Labute approximate surface area is 94.1 Å². The summed E-state index contributed by atoms with van der Waals surface area (Å²) in [7, 11) is 4.39. The number of hydrogen-bond donors (Lipinski definition) is 1. The third kappa shape index (κ3) is 2.38. The number of quaternary nitrogens is 1. The van der Waals surface area contributed by atoms with Crippen LogP contribution in [0.3, 0.4) is 0 Å². The standard InChI is InChI=1S/C10H16N4O2/c1-14(2)4-3-8(7-14)9-5-13(12-11-9)6-10(15)16/h5,8H,3-4,6-7H2,1-2H3/p+1/t8-/m0/s1. The van der Waals surface area contributed by atoms with Crippen LogP contribution in [0.15, 0.2) is 6.20 Å². The van der Waals surface area contributed by atoms with Crippen molar-refractivity contribution in [3.63, 3.8) is 0 Å². The van der Waals surface area contributed by atoms with Gasteiger partial charge in [-0.2, -0.15) is 0 Å². The summed E-state index contributed by atoms with van der Waals surface area (Å²) in [6.07, 6.45) is 2.85. The van der Waals surface area contributed by atoms with E-state index in [0.29, 0.717) is 5.92 Å². The normalized spacial score (nSPS) is 23.5. The maximum atomic E-state index is 10.5. The summed E-state index contributed by atoms with van der Waals surface area (Å²) in [5, 5.41) is 16.5. The van der Waals surface area contributed by atoms with Crippen LogP contribution in [-0.2, 0) is 11.3 Å². The Hall–Kier alpha value is -1.43. The minimum absolute atomic E-state index is 0.113. The van der Waals surface area contributed by atoms with Crippen LogP contribution in [0.1, 0.15) is 18.0 Å². The Morgan fingerprint density at radius 3 is 3.00 bits per heavy atom. The molecule has 1 aromatic rings. The van der Waals surface area contributed by atoms with E-state index in [-0.39, 0.29) is 6.54 Å². The molecule has 1 aliphatic rings. The number of hydrogen-bond acceptors (Lipinski definition) is 3. The maximum absolute atomic E-state index is 10.5. The Bertz CT molecular complexity index is 399. The molecule has 0 aromatic carbocycles. The van der Waals surface area contributed by atoms with Gasteiger partial charge in [-0.3, -0.25) is 4.79 Å². The Balaban J connectivity index is 2.05. The highest BCUT2D eigenvalue weighted by molar-refractivity contribution is 5.66. The van der Waals surface area contributed by atoms with E-state index in [1.165, 1.54) is 4.68 Å². The van der Waals surface area contributed by atoms with Gasteiger partial charge in [-0.1, -0.05) is 5.21 Å². The van der Waals surface area contributed by atoms with Crippen LogP contribution in [-0.4, -0.2) is 57.7 Å². The van der Waals surface area contributed by atoms with Crippen LogP contribution in [0.5, 0.6) is 0 Å². The fourth-order valence-electron chi connectivity index (χ4n) is 2.24. The molecule has 1 aliphatic heterocycles. The average Bonchev–Trinajstić information content (AvgIpc) is 2.71. The second-order valence-corrected chi connectivity index (χ2v) is 5.06. The number of aromatic nitrogens is 3. The van der Waals surface area contributed by atoms with Gasteiger partial charge in [-0.15, -0.1) is 5.10 Å². The van der Waals surface area contributed by atoms with Crippen LogP contribution in [0.2, 0.25) is 0 Å². The zero-order valence-corrected chi connectivity index (χ0v) is 9.63. The van der Waals surface area contributed by atoms with Gasteiger partial charge in [-0.05, 0) is 0 Å². The van der Waals surface area contributed by atoms with Gasteiger partial charge in [0, 0.05) is 12.6 Å². The lowest BCUT2D eigenvalue weighted by molar-refractivity contribution is -0.878. The molecule has 0 saturated carbocycles. The number of rotatable bonds is 3. The molecule has 0 bridgehead atoms. The fourth-order valence-corrected chi connectivity index (χ4v) is 2.24. The van der Waals surface area contributed by atoms with Crippen LogP contribution in [0.25, 0.3) is 0 Å². The topological polar surface area (TPSA) is 68.0 Å². The number of carbonyl (C=O) groups is 1. The van der Waals surface area contributed by atoms with Crippen molar-refractivity contribution >= 4 is 5.97 Å². The van der Waals surface area contributed by atoms with Crippen molar-refractivity contribution in [2.24, 2.45) is 0 Å². The summed E-state index contributed by atoms with van der Waals surface area (Å²) in [4.78, 5) is 10.5. The van der Waals surface area contributed by atoms with E-state index < -0.39 is 5.97 Å². The fraction of sp³-hybridized carbons (Fsp3) is 0.700. The first-order valence-corrected chi connectivity index (χ1v) is 5.40. The lowest BCUT2D eigenvalue weighted by atomic mass is 10.1. The van der Waals surface area contributed by atoms with Crippen molar-refractivity contribution in [3.05, 3.63) is 11.9 Å². The molecule has 1 aromatic heterocycles. The smallest absolute Gasteiger partial charge is 0.325 e. The summed E-state index contributed by atoms with van der Waals surface area (Å²) in [6.45, 7) is 2.07. The highest BCUT2D eigenvalue weighted by Gasteiger charge is 2.33. The Morgan fingerprint density at radius 1 is 1.69 bits per heavy atom. The minimum atomic E-state index is -0.890. The zero-order valence-electron chi connectivity index (χ0n) is 9.63. The second kappa shape index (κ2) is 3.86. The third-order valence-corrected chi connectivity index (χ3v) is 3.07. The van der Waals surface area contributed by atoms with E-state index in [0.717, 1.165) is 29.7 Å². The molecule has 6 nitrogen and oxygen atoms in total. The Morgan fingerprint density at radius 2 is 2.44 bits per heavy atom. The van der Waals surface area contributed by atoms with E-state index in [4.69, 9.17) is 5.11 Å². The highest BCUT2D eigenvalue weighted by atomic mass is 16.4. The SMILES string of the molecule is C[N+]1(C)CC[C@H](c2cn(CC(=O)O)nn2)C1. The molecule has 1 atom stereocenters. The van der Waals surface area contributed by atoms with Gasteiger partial charge in [0.2, 0.25) is 0 Å².